The van der Waals surface area contributed by atoms with Gasteiger partial charge in [-0.3, -0.25) is 4.90 Å². The highest BCUT2D eigenvalue weighted by molar-refractivity contribution is 6.30. The number of rotatable bonds is 4. The minimum Gasteiger partial charge on any atom is -0.338 e. The lowest BCUT2D eigenvalue weighted by Crippen LogP contribution is -2.31. The highest BCUT2D eigenvalue weighted by Gasteiger charge is 2.33. The molecule has 3 rings (SSSR count). The molecule has 0 saturated carbocycles. The molecule has 0 amide bonds. The molecule has 0 bridgehead atoms. The van der Waals surface area contributed by atoms with Gasteiger partial charge in [0, 0.05) is 17.1 Å². The Kier molecular flexibility index (Phi) is 5.45. The van der Waals surface area contributed by atoms with Gasteiger partial charge in [-0.2, -0.15) is 4.98 Å². The summed E-state index contributed by atoms with van der Waals surface area (Å²) in [6.07, 6.45) is 1.11. The lowest BCUT2D eigenvalue weighted by molar-refractivity contribution is 0.239. The Morgan fingerprint density at radius 2 is 2.09 bits per heavy atom. The van der Waals surface area contributed by atoms with E-state index in [1.807, 2.05) is 24.3 Å². The van der Waals surface area contributed by atoms with Gasteiger partial charge in [0.1, 0.15) is 0 Å². The molecule has 5 nitrogen and oxygen atoms in total. The number of hydrogen-bond donors (Lipinski definition) is 1. The van der Waals surface area contributed by atoms with E-state index in [-0.39, 0.29) is 17.8 Å². The number of hydrogen-bond acceptors (Lipinski definition) is 5. The quantitative estimate of drug-likeness (QED) is 0.924. The van der Waals surface area contributed by atoms with E-state index < -0.39 is 0 Å². The minimum atomic E-state index is 0. The van der Waals surface area contributed by atoms with Gasteiger partial charge in [0.15, 0.2) is 0 Å². The molecular formula is C15H20Cl2N4O. The van der Waals surface area contributed by atoms with Crippen LogP contribution in [0.15, 0.2) is 28.8 Å². The second-order valence-corrected chi connectivity index (χ2v) is 6.43. The maximum Gasteiger partial charge on any atom is 0.241 e. The Hall–Kier alpha value is -1.14. The molecule has 1 aliphatic rings. The van der Waals surface area contributed by atoms with Crippen molar-refractivity contribution in [2.45, 2.75) is 19.9 Å². The summed E-state index contributed by atoms with van der Waals surface area (Å²) in [5.41, 5.74) is 6.94. The van der Waals surface area contributed by atoms with Gasteiger partial charge < -0.3 is 10.3 Å². The van der Waals surface area contributed by atoms with Crippen molar-refractivity contribution in [2.24, 2.45) is 11.1 Å². The first-order valence-corrected chi connectivity index (χ1v) is 7.47. The smallest absolute Gasteiger partial charge is 0.241 e. The molecule has 2 N–H and O–H groups in total. The molecular weight excluding hydrogens is 323 g/mol. The van der Waals surface area contributed by atoms with Gasteiger partial charge in [0.25, 0.3) is 0 Å². The summed E-state index contributed by atoms with van der Waals surface area (Å²) in [5, 5.41) is 4.73. The molecule has 2 heterocycles. The van der Waals surface area contributed by atoms with Crippen molar-refractivity contribution in [1.29, 1.82) is 0 Å². The summed E-state index contributed by atoms with van der Waals surface area (Å²) in [4.78, 5) is 6.76. The molecule has 1 aromatic carbocycles. The topological polar surface area (TPSA) is 68.2 Å². The van der Waals surface area contributed by atoms with Crippen molar-refractivity contribution in [1.82, 2.24) is 15.0 Å². The highest BCUT2D eigenvalue weighted by atomic mass is 35.5. The van der Waals surface area contributed by atoms with Crippen LogP contribution in [0.25, 0.3) is 11.4 Å². The molecule has 2 aromatic rings. The van der Waals surface area contributed by atoms with Crippen LogP contribution in [-0.2, 0) is 6.54 Å². The van der Waals surface area contributed by atoms with Crippen LogP contribution in [0.2, 0.25) is 5.02 Å². The van der Waals surface area contributed by atoms with Crippen LogP contribution >= 0.6 is 24.0 Å². The largest absolute Gasteiger partial charge is 0.338 e. The van der Waals surface area contributed by atoms with Crippen LogP contribution in [0.5, 0.6) is 0 Å². The summed E-state index contributed by atoms with van der Waals surface area (Å²) in [6.45, 7) is 5.61. The molecule has 1 aliphatic heterocycles. The minimum absolute atomic E-state index is 0. The van der Waals surface area contributed by atoms with E-state index in [1.54, 1.807) is 0 Å². The molecule has 22 heavy (non-hydrogen) atoms. The van der Waals surface area contributed by atoms with Gasteiger partial charge in [-0.15, -0.1) is 12.4 Å². The zero-order valence-corrected chi connectivity index (χ0v) is 14.0. The molecule has 1 saturated heterocycles. The predicted octanol–water partition coefficient (Wildman–Crippen LogP) is 2.98. The molecule has 0 radical (unpaired) electrons. The maximum absolute atomic E-state index is 5.88. The third kappa shape index (κ3) is 3.79. The van der Waals surface area contributed by atoms with Gasteiger partial charge in [-0.25, -0.2) is 0 Å². The molecule has 1 aromatic heterocycles. The van der Waals surface area contributed by atoms with E-state index in [9.17, 15) is 0 Å². The van der Waals surface area contributed by atoms with Crippen LogP contribution in [0, 0.1) is 5.41 Å². The first-order valence-electron chi connectivity index (χ1n) is 7.09. The monoisotopic (exact) mass is 342 g/mol. The Bertz CT molecular complexity index is 616. The van der Waals surface area contributed by atoms with Crippen LogP contribution < -0.4 is 5.73 Å². The summed E-state index contributed by atoms with van der Waals surface area (Å²) in [5.74, 6) is 1.24. The van der Waals surface area contributed by atoms with Crippen molar-refractivity contribution in [3.05, 3.63) is 35.2 Å². The third-order valence-corrected chi connectivity index (χ3v) is 4.31. The number of aromatic nitrogens is 2. The number of likely N-dealkylation sites (tertiary alicyclic amines) is 1. The van der Waals surface area contributed by atoms with Crippen molar-refractivity contribution in [2.75, 3.05) is 19.6 Å². The van der Waals surface area contributed by atoms with E-state index in [0.717, 1.165) is 25.1 Å². The van der Waals surface area contributed by atoms with Crippen LogP contribution in [0.1, 0.15) is 19.2 Å². The van der Waals surface area contributed by atoms with E-state index in [4.69, 9.17) is 21.9 Å². The highest BCUT2D eigenvalue weighted by Crippen LogP contribution is 2.29. The molecule has 0 spiro atoms. The fourth-order valence-electron chi connectivity index (χ4n) is 2.65. The van der Waals surface area contributed by atoms with Gasteiger partial charge in [-0.05, 0) is 49.2 Å². The number of nitrogens with zero attached hydrogens (tertiary/aromatic N) is 3. The fourth-order valence-corrected chi connectivity index (χ4v) is 2.78. The second kappa shape index (κ2) is 6.96. The molecule has 7 heteroatoms. The van der Waals surface area contributed by atoms with E-state index in [1.165, 1.54) is 0 Å². The van der Waals surface area contributed by atoms with Crippen LogP contribution in [0.3, 0.4) is 0 Å². The molecule has 1 fully saturated rings. The van der Waals surface area contributed by atoms with Crippen LogP contribution in [-0.4, -0.2) is 34.7 Å². The Morgan fingerprint density at radius 1 is 1.36 bits per heavy atom. The number of benzene rings is 1. The first kappa shape index (κ1) is 17.2. The molecule has 1 atom stereocenters. The summed E-state index contributed by atoms with van der Waals surface area (Å²) >= 11 is 5.88. The average Bonchev–Trinajstić information content (AvgIpc) is 3.08. The summed E-state index contributed by atoms with van der Waals surface area (Å²) < 4.78 is 5.35. The van der Waals surface area contributed by atoms with Crippen molar-refractivity contribution in [3.63, 3.8) is 0 Å². The van der Waals surface area contributed by atoms with Gasteiger partial charge >= 0.3 is 0 Å². The maximum atomic E-state index is 5.88. The van der Waals surface area contributed by atoms with Crippen molar-refractivity contribution < 1.29 is 4.52 Å². The zero-order chi connectivity index (χ0) is 14.9. The van der Waals surface area contributed by atoms with Gasteiger partial charge in [0.05, 0.1) is 6.54 Å². The van der Waals surface area contributed by atoms with E-state index in [0.29, 0.717) is 29.8 Å². The normalized spacial score (nSPS) is 21.8. The molecule has 120 valence electrons. The Morgan fingerprint density at radius 3 is 2.73 bits per heavy atom. The number of halogens is 2. The SMILES string of the molecule is CC1(CN)CCN(Cc2nc(-c3ccc(Cl)cc3)no2)C1.Cl. The average molecular weight is 343 g/mol. The fraction of sp³-hybridized carbons (Fsp3) is 0.467. The van der Waals surface area contributed by atoms with Gasteiger partial charge in [-0.1, -0.05) is 23.7 Å². The Balaban J connectivity index is 0.00000176. The first-order chi connectivity index (χ1) is 10.1. The van der Waals surface area contributed by atoms with E-state index in [2.05, 4.69) is 22.0 Å². The standard InChI is InChI=1S/C15H19ClN4O.ClH/c1-15(9-17)6-7-20(10-15)8-13-18-14(19-21-13)11-2-4-12(16)5-3-11;/h2-5H,6-10,17H2,1H3;1H. The second-order valence-electron chi connectivity index (χ2n) is 5.99. The van der Waals surface area contributed by atoms with Crippen molar-refractivity contribution in [3.8, 4) is 11.4 Å². The molecule has 0 aliphatic carbocycles. The number of nitrogens with two attached hydrogens (primary N) is 1. The Labute approximate surface area is 141 Å². The predicted molar refractivity (Wildman–Crippen MR) is 89.0 cm³/mol. The lowest BCUT2D eigenvalue weighted by Gasteiger charge is -2.21. The lowest BCUT2D eigenvalue weighted by atomic mass is 9.90. The summed E-state index contributed by atoms with van der Waals surface area (Å²) in [6, 6.07) is 7.41. The zero-order valence-electron chi connectivity index (χ0n) is 12.5. The third-order valence-electron chi connectivity index (χ3n) is 4.06. The van der Waals surface area contributed by atoms with Crippen LogP contribution in [0.4, 0.5) is 0 Å². The van der Waals surface area contributed by atoms with E-state index >= 15 is 0 Å². The van der Waals surface area contributed by atoms with Crippen molar-refractivity contribution >= 4 is 24.0 Å². The molecule has 1 unspecified atom stereocenters. The summed E-state index contributed by atoms with van der Waals surface area (Å²) in [7, 11) is 0. The van der Waals surface area contributed by atoms with Gasteiger partial charge in [0.2, 0.25) is 11.7 Å².